The molecule has 0 atom stereocenters. The third-order valence-corrected chi connectivity index (χ3v) is 7.06. The third-order valence-electron chi connectivity index (χ3n) is 7.06. The number of carbonyl (C=O) groups excluding carboxylic acids is 2. The van der Waals surface area contributed by atoms with E-state index in [2.05, 4.69) is 21.7 Å². The smallest absolute Gasteiger partial charge is 0.225 e. The third kappa shape index (κ3) is 3.63. The molecule has 6 nitrogen and oxygen atoms in total. The maximum Gasteiger partial charge on any atom is 0.225 e. The molecule has 4 aliphatic rings. The Balaban J connectivity index is 1.16. The molecular formula is C20H34N4O2. The van der Waals surface area contributed by atoms with Gasteiger partial charge in [-0.3, -0.25) is 9.59 Å². The van der Waals surface area contributed by atoms with Gasteiger partial charge in [-0.1, -0.05) is 0 Å². The second-order valence-corrected chi connectivity index (χ2v) is 9.39. The van der Waals surface area contributed by atoms with Crippen LogP contribution in [0.15, 0.2) is 0 Å². The van der Waals surface area contributed by atoms with Gasteiger partial charge in [0.05, 0.1) is 0 Å². The highest BCUT2D eigenvalue weighted by atomic mass is 16.2. The van der Waals surface area contributed by atoms with Crippen molar-refractivity contribution in [1.29, 1.82) is 0 Å². The molecule has 0 aromatic heterocycles. The average Bonchev–Trinajstić information content (AvgIpc) is 2.59. The molecule has 6 heteroatoms. The molecule has 0 N–H and O–H groups in total. The van der Waals surface area contributed by atoms with Crippen LogP contribution in [0.4, 0.5) is 0 Å². The number of piperidine rings is 2. The van der Waals surface area contributed by atoms with Crippen molar-refractivity contribution in [2.75, 3.05) is 66.0 Å². The molecule has 4 heterocycles. The minimum absolute atomic E-state index is 0.132. The van der Waals surface area contributed by atoms with Crippen molar-refractivity contribution in [2.24, 2.45) is 17.3 Å². The Hall–Kier alpha value is -1.14. The van der Waals surface area contributed by atoms with Gasteiger partial charge in [-0.2, -0.15) is 0 Å². The van der Waals surface area contributed by atoms with E-state index in [1.807, 2.05) is 4.90 Å². The fourth-order valence-corrected chi connectivity index (χ4v) is 5.73. The van der Waals surface area contributed by atoms with Gasteiger partial charge in [-0.05, 0) is 38.6 Å². The lowest BCUT2D eigenvalue weighted by molar-refractivity contribution is -0.141. The molecule has 0 aromatic rings. The topological polar surface area (TPSA) is 47.1 Å². The molecule has 146 valence electrons. The molecule has 0 aliphatic carbocycles. The van der Waals surface area contributed by atoms with Crippen LogP contribution in [-0.2, 0) is 9.59 Å². The zero-order chi connectivity index (χ0) is 18.3. The first-order valence-electron chi connectivity index (χ1n) is 10.4. The Bertz CT molecular complexity index is 536. The predicted octanol–water partition coefficient (Wildman–Crippen LogP) is 0.731. The van der Waals surface area contributed by atoms with Crippen LogP contribution in [-0.4, -0.2) is 97.4 Å². The fourth-order valence-electron chi connectivity index (χ4n) is 5.73. The van der Waals surface area contributed by atoms with Gasteiger partial charge in [0.15, 0.2) is 0 Å². The van der Waals surface area contributed by atoms with Crippen molar-refractivity contribution >= 4 is 11.8 Å². The number of hydrogen-bond acceptors (Lipinski definition) is 4. The van der Waals surface area contributed by atoms with Gasteiger partial charge < -0.3 is 19.6 Å². The van der Waals surface area contributed by atoms with E-state index < -0.39 is 0 Å². The lowest BCUT2D eigenvalue weighted by atomic mass is 9.72. The fraction of sp³-hybridized carbons (Fsp3) is 0.900. The van der Waals surface area contributed by atoms with Crippen LogP contribution in [0, 0.1) is 17.3 Å². The monoisotopic (exact) mass is 362 g/mol. The maximum atomic E-state index is 12.8. The van der Waals surface area contributed by atoms with Gasteiger partial charge in [-0.15, -0.1) is 0 Å². The van der Waals surface area contributed by atoms with E-state index in [-0.39, 0.29) is 11.8 Å². The summed E-state index contributed by atoms with van der Waals surface area (Å²) in [5.41, 5.74) is 0.625. The lowest BCUT2D eigenvalue weighted by Crippen LogP contribution is -2.71. The van der Waals surface area contributed by atoms with Crippen LogP contribution in [0.1, 0.15) is 32.6 Å². The zero-order valence-electron chi connectivity index (χ0n) is 16.5. The van der Waals surface area contributed by atoms with E-state index in [1.165, 1.54) is 32.7 Å². The number of nitrogens with zero attached hydrogens (tertiary/aromatic N) is 4. The Morgan fingerprint density at radius 2 is 1.46 bits per heavy atom. The Morgan fingerprint density at radius 3 is 2.00 bits per heavy atom. The van der Waals surface area contributed by atoms with Crippen LogP contribution < -0.4 is 0 Å². The molecule has 26 heavy (non-hydrogen) atoms. The summed E-state index contributed by atoms with van der Waals surface area (Å²) in [6.07, 6.45) is 3.98. The highest BCUT2D eigenvalue weighted by Crippen LogP contribution is 2.39. The molecule has 0 radical (unpaired) electrons. The van der Waals surface area contributed by atoms with Crippen molar-refractivity contribution in [3.8, 4) is 0 Å². The molecular weight excluding hydrogens is 328 g/mol. The summed E-state index contributed by atoms with van der Waals surface area (Å²) in [5, 5.41) is 0. The molecule has 0 bridgehead atoms. The van der Waals surface area contributed by atoms with E-state index in [1.54, 1.807) is 6.92 Å². The van der Waals surface area contributed by atoms with Crippen LogP contribution in [0.3, 0.4) is 0 Å². The van der Waals surface area contributed by atoms with Crippen molar-refractivity contribution in [3.63, 3.8) is 0 Å². The number of amides is 2. The maximum absolute atomic E-state index is 12.8. The SMILES string of the molecule is CC(=O)N1CCC(C(=O)N2CCC(CN3CC4(CN(C)C4)C3)CC2)CC1. The molecule has 1 spiro atoms. The summed E-state index contributed by atoms with van der Waals surface area (Å²) in [6.45, 7) is 11.3. The van der Waals surface area contributed by atoms with Crippen molar-refractivity contribution in [2.45, 2.75) is 32.6 Å². The van der Waals surface area contributed by atoms with Crippen molar-refractivity contribution < 1.29 is 9.59 Å². The highest BCUT2D eigenvalue weighted by Gasteiger charge is 2.50. The largest absolute Gasteiger partial charge is 0.343 e. The minimum Gasteiger partial charge on any atom is -0.343 e. The molecule has 2 amide bonds. The lowest BCUT2D eigenvalue weighted by Gasteiger charge is -2.60. The average molecular weight is 363 g/mol. The summed E-state index contributed by atoms with van der Waals surface area (Å²) in [6, 6.07) is 0. The second kappa shape index (κ2) is 7.12. The summed E-state index contributed by atoms with van der Waals surface area (Å²) in [5.74, 6) is 1.37. The van der Waals surface area contributed by atoms with Gasteiger partial charge in [0.1, 0.15) is 0 Å². The molecule has 4 aliphatic heterocycles. The first kappa shape index (κ1) is 18.2. The number of rotatable bonds is 3. The van der Waals surface area contributed by atoms with Crippen molar-refractivity contribution in [1.82, 2.24) is 19.6 Å². The standard InChI is InChI=1S/C20H34N4O2/c1-16(25)23-9-5-18(6-10-23)19(26)24-7-3-17(4-8-24)11-22-14-20(15-22)12-21(2)13-20/h17-18H,3-15H2,1-2H3. The van der Waals surface area contributed by atoms with E-state index in [0.717, 1.165) is 57.8 Å². The summed E-state index contributed by atoms with van der Waals surface area (Å²) in [4.78, 5) is 33.3. The Morgan fingerprint density at radius 1 is 0.885 bits per heavy atom. The molecule has 4 rings (SSSR count). The summed E-state index contributed by atoms with van der Waals surface area (Å²) < 4.78 is 0. The molecule has 4 fully saturated rings. The first-order valence-corrected chi connectivity index (χ1v) is 10.4. The number of hydrogen-bond donors (Lipinski definition) is 0. The molecule has 0 unspecified atom stereocenters. The van der Waals surface area contributed by atoms with Gasteiger partial charge in [-0.25, -0.2) is 0 Å². The summed E-state index contributed by atoms with van der Waals surface area (Å²) >= 11 is 0. The van der Waals surface area contributed by atoms with E-state index >= 15 is 0 Å². The minimum atomic E-state index is 0.132. The van der Waals surface area contributed by atoms with E-state index in [4.69, 9.17) is 0 Å². The second-order valence-electron chi connectivity index (χ2n) is 9.39. The Kier molecular flexibility index (Phi) is 4.99. The van der Waals surface area contributed by atoms with Gasteiger partial charge >= 0.3 is 0 Å². The van der Waals surface area contributed by atoms with Gasteiger partial charge in [0, 0.05) is 77.2 Å². The normalized spacial score (nSPS) is 28.1. The number of carbonyl (C=O) groups is 2. The zero-order valence-corrected chi connectivity index (χ0v) is 16.5. The van der Waals surface area contributed by atoms with Gasteiger partial charge in [0.25, 0.3) is 0 Å². The van der Waals surface area contributed by atoms with Crippen LogP contribution in [0.5, 0.6) is 0 Å². The van der Waals surface area contributed by atoms with Crippen LogP contribution in [0.2, 0.25) is 0 Å². The Labute approximate surface area is 157 Å². The predicted molar refractivity (Wildman–Crippen MR) is 101 cm³/mol. The van der Waals surface area contributed by atoms with Gasteiger partial charge in [0.2, 0.25) is 11.8 Å². The molecule has 0 aromatic carbocycles. The number of likely N-dealkylation sites (tertiary alicyclic amines) is 4. The van der Waals surface area contributed by atoms with E-state index in [0.29, 0.717) is 11.3 Å². The van der Waals surface area contributed by atoms with Crippen LogP contribution >= 0.6 is 0 Å². The quantitative estimate of drug-likeness (QED) is 0.743. The first-order chi connectivity index (χ1) is 12.4. The summed E-state index contributed by atoms with van der Waals surface area (Å²) in [7, 11) is 2.21. The van der Waals surface area contributed by atoms with Crippen LogP contribution in [0.25, 0.3) is 0 Å². The molecule has 0 saturated carbocycles. The molecule has 4 saturated heterocycles. The highest BCUT2D eigenvalue weighted by molar-refractivity contribution is 5.79. The van der Waals surface area contributed by atoms with Crippen molar-refractivity contribution in [3.05, 3.63) is 0 Å². The van der Waals surface area contributed by atoms with E-state index in [9.17, 15) is 9.59 Å².